The maximum Gasteiger partial charge on any atom is 0.277 e. The van der Waals surface area contributed by atoms with Gasteiger partial charge >= 0.3 is 0 Å². The van der Waals surface area contributed by atoms with E-state index in [-0.39, 0.29) is 12.5 Å². The summed E-state index contributed by atoms with van der Waals surface area (Å²) in [4.78, 5) is 12.0. The van der Waals surface area contributed by atoms with Crippen molar-refractivity contribution in [3.05, 3.63) is 29.3 Å². The van der Waals surface area contributed by atoms with E-state index in [1.54, 1.807) is 0 Å². The maximum absolute atomic E-state index is 12.0. The average molecular weight is 316 g/mol. The predicted octanol–water partition coefficient (Wildman–Crippen LogP) is 4.18. The van der Waals surface area contributed by atoms with Crippen LogP contribution in [0.5, 0.6) is 5.75 Å². The van der Waals surface area contributed by atoms with Gasteiger partial charge in [-0.1, -0.05) is 44.9 Å². The van der Waals surface area contributed by atoms with Crippen LogP contribution in [0.4, 0.5) is 0 Å². The first-order valence-corrected chi connectivity index (χ1v) is 8.56. The highest BCUT2D eigenvalue weighted by Gasteiger charge is 2.16. The molecule has 0 spiro atoms. The zero-order chi connectivity index (χ0) is 16.8. The lowest BCUT2D eigenvalue weighted by molar-refractivity contribution is -0.123. The lowest BCUT2D eigenvalue weighted by Gasteiger charge is -2.20. The Balaban J connectivity index is 1.91. The summed E-state index contributed by atoms with van der Waals surface area (Å²) in [5.74, 6) is 1.40. The second-order valence-electron chi connectivity index (χ2n) is 6.77. The minimum atomic E-state index is -0.203. The Kier molecular flexibility index (Phi) is 6.20. The Labute approximate surface area is 139 Å². The van der Waals surface area contributed by atoms with Crippen molar-refractivity contribution in [2.45, 2.75) is 59.3 Å². The lowest BCUT2D eigenvalue weighted by atomic mass is 9.89. The first kappa shape index (κ1) is 17.5. The van der Waals surface area contributed by atoms with Gasteiger partial charge in [-0.2, -0.15) is 5.10 Å². The van der Waals surface area contributed by atoms with E-state index < -0.39 is 0 Å². The van der Waals surface area contributed by atoms with Gasteiger partial charge in [-0.25, -0.2) is 5.43 Å². The van der Waals surface area contributed by atoms with E-state index >= 15 is 0 Å². The van der Waals surface area contributed by atoms with Crippen LogP contribution in [0.25, 0.3) is 0 Å². The number of amides is 1. The molecule has 1 aromatic rings. The fourth-order valence-corrected chi connectivity index (χ4v) is 2.90. The van der Waals surface area contributed by atoms with E-state index in [2.05, 4.69) is 44.3 Å². The smallest absolute Gasteiger partial charge is 0.277 e. The molecule has 0 aromatic heterocycles. The highest BCUT2D eigenvalue weighted by Crippen LogP contribution is 2.27. The van der Waals surface area contributed by atoms with Crippen molar-refractivity contribution in [2.24, 2.45) is 11.0 Å². The molecular weight excluding hydrogens is 288 g/mol. The van der Waals surface area contributed by atoms with Crippen LogP contribution in [0.2, 0.25) is 0 Å². The molecule has 1 amide bonds. The molecule has 1 aliphatic carbocycles. The van der Waals surface area contributed by atoms with Gasteiger partial charge in [0.2, 0.25) is 0 Å². The van der Waals surface area contributed by atoms with Crippen LogP contribution >= 0.6 is 0 Å². The maximum atomic E-state index is 12.0. The fraction of sp³-hybridized carbons (Fsp3) is 0.579. The van der Waals surface area contributed by atoms with Crippen molar-refractivity contribution in [3.63, 3.8) is 0 Å². The largest absolute Gasteiger partial charge is 0.483 e. The van der Waals surface area contributed by atoms with Gasteiger partial charge in [0.1, 0.15) is 5.75 Å². The molecular formula is C19H28N2O2. The van der Waals surface area contributed by atoms with Gasteiger partial charge in [-0.15, -0.1) is 0 Å². The summed E-state index contributed by atoms with van der Waals surface area (Å²) in [7, 11) is 0. The summed E-state index contributed by atoms with van der Waals surface area (Å²) < 4.78 is 5.70. The quantitative estimate of drug-likeness (QED) is 0.829. The van der Waals surface area contributed by atoms with E-state index in [0.29, 0.717) is 11.8 Å². The third-order valence-electron chi connectivity index (χ3n) is 4.36. The molecule has 1 aromatic carbocycles. The Morgan fingerprint density at radius 3 is 2.87 bits per heavy atom. The number of benzene rings is 1. The molecule has 0 bridgehead atoms. The SMILES string of the molecule is Cc1ccc(OCC(=O)N/N=C2/CCCCC2C)c(C(C)C)c1. The average Bonchev–Trinajstić information content (AvgIpc) is 2.52. The van der Waals surface area contributed by atoms with Gasteiger partial charge in [0.15, 0.2) is 6.61 Å². The molecule has 1 unspecified atom stereocenters. The second-order valence-corrected chi connectivity index (χ2v) is 6.77. The second kappa shape index (κ2) is 8.14. The van der Waals surface area contributed by atoms with Gasteiger partial charge in [0, 0.05) is 5.71 Å². The van der Waals surface area contributed by atoms with Crippen molar-refractivity contribution in [1.29, 1.82) is 0 Å². The molecule has 2 rings (SSSR count). The zero-order valence-corrected chi connectivity index (χ0v) is 14.7. The highest BCUT2D eigenvalue weighted by atomic mass is 16.5. The number of carbonyl (C=O) groups excluding carboxylic acids is 1. The van der Waals surface area contributed by atoms with Crippen LogP contribution in [-0.4, -0.2) is 18.2 Å². The summed E-state index contributed by atoms with van der Waals surface area (Å²) in [6.45, 7) is 8.47. The normalized spacial score (nSPS) is 19.9. The zero-order valence-electron chi connectivity index (χ0n) is 14.7. The topological polar surface area (TPSA) is 50.7 Å². The van der Waals surface area contributed by atoms with Crippen LogP contribution < -0.4 is 10.2 Å². The number of nitrogens with one attached hydrogen (secondary N) is 1. The molecule has 1 aliphatic rings. The van der Waals surface area contributed by atoms with Crippen molar-refractivity contribution in [3.8, 4) is 5.75 Å². The fourth-order valence-electron chi connectivity index (χ4n) is 2.90. The number of ether oxygens (including phenoxy) is 1. The van der Waals surface area contributed by atoms with E-state index in [1.165, 1.54) is 12.0 Å². The lowest BCUT2D eigenvalue weighted by Crippen LogP contribution is -2.28. The minimum Gasteiger partial charge on any atom is -0.483 e. The molecule has 23 heavy (non-hydrogen) atoms. The number of carbonyl (C=O) groups is 1. The Hall–Kier alpha value is -1.84. The first-order valence-electron chi connectivity index (χ1n) is 8.56. The molecule has 1 saturated carbocycles. The molecule has 1 fully saturated rings. The Bertz CT molecular complexity index is 579. The number of rotatable bonds is 5. The van der Waals surface area contributed by atoms with Crippen LogP contribution in [0.15, 0.2) is 23.3 Å². The van der Waals surface area contributed by atoms with Crippen LogP contribution in [-0.2, 0) is 4.79 Å². The molecule has 4 nitrogen and oxygen atoms in total. The van der Waals surface area contributed by atoms with Crippen molar-refractivity contribution >= 4 is 11.6 Å². The van der Waals surface area contributed by atoms with Gasteiger partial charge < -0.3 is 4.74 Å². The van der Waals surface area contributed by atoms with Crippen molar-refractivity contribution < 1.29 is 9.53 Å². The molecule has 0 saturated heterocycles. The highest BCUT2D eigenvalue weighted by molar-refractivity contribution is 5.88. The summed E-state index contributed by atoms with van der Waals surface area (Å²) in [6, 6.07) is 6.05. The van der Waals surface area contributed by atoms with Gasteiger partial charge in [-0.05, 0) is 49.7 Å². The standard InChI is InChI=1S/C19H28N2O2/c1-13(2)16-11-14(3)9-10-18(16)23-12-19(22)21-20-17-8-6-5-7-15(17)4/h9-11,13,15H,5-8,12H2,1-4H3,(H,21,22)/b20-17-. The predicted molar refractivity (Wildman–Crippen MR) is 94.0 cm³/mol. The minimum absolute atomic E-state index is 0.00601. The third-order valence-corrected chi connectivity index (χ3v) is 4.36. The van der Waals surface area contributed by atoms with Crippen LogP contribution in [0.3, 0.4) is 0 Å². The van der Waals surface area contributed by atoms with E-state index in [1.807, 2.05) is 12.1 Å². The van der Waals surface area contributed by atoms with E-state index in [9.17, 15) is 4.79 Å². The summed E-state index contributed by atoms with van der Waals surface area (Å²) in [5, 5.41) is 4.29. The third kappa shape index (κ3) is 5.08. The van der Waals surface area contributed by atoms with Crippen molar-refractivity contribution in [1.82, 2.24) is 5.43 Å². The monoisotopic (exact) mass is 316 g/mol. The van der Waals surface area contributed by atoms with Gasteiger partial charge in [0.25, 0.3) is 5.91 Å². The van der Waals surface area contributed by atoms with Crippen LogP contribution in [0.1, 0.15) is 63.5 Å². The van der Waals surface area contributed by atoms with Gasteiger partial charge in [0.05, 0.1) is 0 Å². The molecule has 126 valence electrons. The Morgan fingerprint density at radius 2 is 2.17 bits per heavy atom. The molecule has 4 heteroatoms. The number of nitrogens with zero attached hydrogens (tertiary/aromatic N) is 1. The summed E-state index contributed by atoms with van der Waals surface area (Å²) in [5.41, 5.74) is 6.06. The number of hydrogen-bond donors (Lipinski definition) is 1. The van der Waals surface area contributed by atoms with E-state index in [4.69, 9.17) is 4.74 Å². The Morgan fingerprint density at radius 1 is 1.39 bits per heavy atom. The molecule has 1 N–H and O–H groups in total. The molecule has 0 aliphatic heterocycles. The summed E-state index contributed by atoms with van der Waals surface area (Å²) in [6.07, 6.45) is 4.56. The number of hydrazone groups is 1. The van der Waals surface area contributed by atoms with Gasteiger partial charge in [-0.3, -0.25) is 4.79 Å². The number of hydrogen-bond acceptors (Lipinski definition) is 3. The first-order chi connectivity index (χ1) is 11.0. The van der Waals surface area contributed by atoms with Crippen molar-refractivity contribution in [2.75, 3.05) is 6.61 Å². The summed E-state index contributed by atoms with van der Waals surface area (Å²) >= 11 is 0. The van der Waals surface area contributed by atoms with Crippen LogP contribution in [0, 0.1) is 12.8 Å². The molecule has 1 atom stereocenters. The molecule has 0 radical (unpaired) electrons. The molecule has 0 heterocycles. The number of aryl methyl sites for hydroxylation is 1. The van der Waals surface area contributed by atoms with E-state index in [0.717, 1.165) is 36.3 Å².